The summed E-state index contributed by atoms with van der Waals surface area (Å²) in [6.07, 6.45) is 6.83. The Morgan fingerprint density at radius 2 is 1.55 bits per heavy atom. The molecule has 4 aliphatic rings. The topological polar surface area (TPSA) is 37.4 Å². The van der Waals surface area contributed by atoms with Crippen LogP contribution in [0.1, 0.15) is 24.0 Å². The number of carbonyl (C=O) groups is 2. The van der Waals surface area contributed by atoms with Crippen LogP contribution in [0.2, 0.25) is 0 Å². The first-order valence-electron chi connectivity index (χ1n) is 8.21. The number of allylic oxidation sites excluding steroid dienone is 2. The van der Waals surface area contributed by atoms with E-state index >= 15 is 0 Å². The van der Waals surface area contributed by atoms with Crippen molar-refractivity contribution in [3.05, 3.63) is 47.5 Å². The molecule has 3 aliphatic carbocycles. The minimum absolute atomic E-state index is 0.0682. The molecule has 1 aliphatic heterocycles. The smallest absolute Gasteiger partial charge is 0.234 e. The Kier molecular flexibility index (Phi) is 2.23. The molecule has 2 saturated carbocycles. The maximum Gasteiger partial charge on any atom is 0.234 e. The van der Waals surface area contributed by atoms with Gasteiger partial charge in [0, 0.05) is 0 Å². The van der Waals surface area contributed by atoms with E-state index in [0.717, 1.165) is 5.56 Å². The molecule has 1 saturated heterocycles. The molecule has 2 bridgehead atoms. The van der Waals surface area contributed by atoms with E-state index in [1.165, 1.54) is 23.3 Å². The number of hydrogen-bond donors (Lipinski definition) is 0. The average Bonchev–Trinajstić information content (AvgIpc) is 3.12. The predicted molar refractivity (Wildman–Crippen MR) is 81.5 cm³/mol. The Hall–Kier alpha value is -1.90. The van der Waals surface area contributed by atoms with E-state index in [0.29, 0.717) is 18.4 Å². The third-order valence-electron chi connectivity index (χ3n) is 6.41. The van der Waals surface area contributed by atoms with Crippen molar-refractivity contribution in [1.29, 1.82) is 0 Å². The van der Waals surface area contributed by atoms with Gasteiger partial charge in [0.2, 0.25) is 11.8 Å². The lowest BCUT2D eigenvalue weighted by Crippen LogP contribution is -2.34. The number of benzene rings is 1. The second-order valence-corrected chi connectivity index (χ2v) is 7.47. The van der Waals surface area contributed by atoms with Crippen molar-refractivity contribution in [3.63, 3.8) is 0 Å². The van der Waals surface area contributed by atoms with Gasteiger partial charge in [-0.2, -0.15) is 0 Å². The van der Waals surface area contributed by atoms with Crippen LogP contribution < -0.4 is 0 Å². The molecule has 22 heavy (non-hydrogen) atoms. The van der Waals surface area contributed by atoms with E-state index in [1.807, 2.05) is 31.2 Å². The van der Waals surface area contributed by atoms with Crippen LogP contribution in [-0.4, -0.2) is 16.7 Å². The minimum Gasteiger partial charge on any atom is -0.278 e. The average molecular weight is 293 g/mol. The summed E-state index contributed by atoms with van der Waals surface area (Å²) in [6.45, 7) is 2.47. The summed E-state index contributed by atoms with van der Waals surface area (Å²) in [4.78, 5) is 27.2. The minimum atomic E-state index is -0.0737. The lowest BCUT2D eigenvalue weighted by molar-refractivity contribution is -0.141. The lowest BCUT2D eigenvalue weighted by Gasteiger charge is -2.21. The molecule has 1 aromatic carbocycles. The lowest BCUT2D eigenvalue weighted by atomic mass is 9.85. The van der Waals surface area contributed by atoms with Crippen molar-refractivity contribution < 1.29 is 9.59 Å². The van der Waals surface area contributed by atoms with E-state index in [1.54, 1.807) is 0 Å². The fraction of sp³-hybridized carbons (Fsp3) is 0.474. The summed E-state index contributed by atoms with van der Waals surface area (Å²) in [5, 5.41) is 0. The molecule has 3 heteroatoms. The van der Waals surface area contributed by atoms with Gasteiger partial charge in [-0.05, 0) is 42.6 Å². The predicted octanol–water partition coefficient (Wildman–Crippen LogP) is 2.69. The number of nitrogens with zero attached hydrogens (tertiary/aromatic N) is 1. The molecule has 5 rings (SSSR count). The highest BCUT2D eigenvalue weighted by atomic mass is 16.2. The molecule has 3 nitrogen and oxygen atoms in total. The molecular formula is C19H19NO2. The number of rotatable bonds is 2. The Morgan fingerprint density at radius 1 is 1.00 bits per heavy atom. The standard InChI is InChI=1S/C19H19NO2/c1-11-2-4-12(5-3-11)10-20-17(21)15-13-6-7-14(16(15)18(20)22)19(13)8-9-19/h2-7,13-16H,8-10H2,1H3/t13-,14-,15-,16-/m1/s1. The summed E-state index contributed by atoms with van der Waals surface area (Å²) in [6, 6.07) is 8.09. The van der Waals surface area contributed by atoms with Gasteiger partial charge in [0.05, 0.1) is 18.4 Å². The van der Waals surface area contributed by atoms with Crippen LogP contribution in [0.15, 0.2) is 36.4 Å². The quantitative estimate of drug-likeness (QED) is 0.621. The third kappa shape index (κ3) is 1.37. The van der Waals surface area contributed by atoms with Gasteiger partial charge < -0.3 is 0 Å². The Bertz CT molecular complexity index is 679. The number of imide groups is 1. The van der Waals surface area contributed by atoms with Crippen LogP contribution in [-0.2, 0) is 16.1 Å². The fourth-order valence-electron chi connectivity index (χ4n) is 5.17. The van der Waals surface area contributed by atoms with Crippen molar-refractivity contribution in [2.45, 2.75) is 26.3 Å². The van der Waals surface area contributed by atoms with E-state index in [4.69, 9.17) is 0 Å². The zero-order valence-electron chi connectivity index (χ0n) is 12.7. The van der Waals surface area contributed by atoms with Gasteiger partial charge in [0.15, 0.2) is 0 Å². The van der Waals surface area contributed by atoms with Crippen molar-refractivity contribution in [1.82, 2.24) is 4.90 Å². The van der Waals surface area contributed by atoms with Gasteiger partial charge >= 0.3 is 0 Å². The second-order valence-electron chi connectivity index (χ2n) is 7.47. The van der Waals surface area contributed by atoms with Gasteiger partial charge in [-0.1, -0.05) is 42.0 Å². The molecular weight excluding hydrogens is 274 g/mol. The van der Waals surface area contributed by atoms with Crippen LogP contribution in [0, 0.1) is 36.0 Å². The molecule has 1 heterocycles. The Balaban J connectivity index is 1.45. The third-order valence-corrected chi connectivity index (χ3v) is 6.41. The molecule has 1 aromatic rings. The van der Waals surface area contributed by atoms with E-state index in [9.17, 15) is 9.59 Å². The second kappa shape index (κ2) is 3.89. The van der Waals surface area contributed by atoms with E-state index < -0.39 is 0 Å². The summed E-state index contributed by atoms with van der Waals surface area (Å²) < 4.78 is 0. The van der Waals surface area contributed by atoms with Crippen LogP contribution in [0.4, 0.5) is 0 Å². The molecule has 1 spiro atoms. The number of likely N-dealkylation sites (tertiary alicyclic amines) is 1. The zero-order valence-corrected chi connectivity index (χ0v) is 12.7. The largest absolute Gasteiger partial charge is 0.278 e. The van der Waals surface area contributed by atoms with Gasteiger partial charge in [-0.15, -0.1) is 0 Å². The monoisotopic (exact) mass is 293 g/mol. The number of aryl methyl sites for hydroxylation is 1. The van der Waals surface area contributed by atoms with Crippen molar-refractivity contribution in [2.75, 3.05) is 0 Å². The number of amides is 2. The van der Waals surface area contributed by atoms with E-state index in [-0.39, 0.29) is 29.1 Å². The van der Waals surface area contributed by atoms with Crippen molar-refractivity contribution in [2.24, 2.45) is 29.1 Å². The maximum atomic E-state index is 12.8. The normalized spacial score (nSPS) is 36.5. The summed E-state index contributed by atoms with van der Waals surface area (Å²) in [5.74, 6) is 0.632. The highest BCUT2D eigenvalue weighted by molar-refractivity contribution is 6.06. The fourth-order valence-corrected chi connectivity index (χ4v) is 5.17. The first kappa shape index (κ1) is 12.6. The molecule has 0 unspecified atom stereocenters. The molecule has 0 N–H and O–H groups in total. The maximum absolute atomic E-state index is 12.8. The van der Waals surface area contributed by atoms with Crippen LogP contribution in [0.3, 0.4) is 0 Å². The summed E-state index contributed by atoms with van der Waals surface area (Å²) in [5.41, 5.74) is 2.52. The van der Waals surface area contributed by atoms with Crippen LogP contribution >= 0.6 is 0 Å². The molecule has 4 atom stereocenters. The molecule has 3 fully saturated rings. The van der Waals surface area contributed by atoms with Crippen molar-refractivity contribution >= 4 is 11.8 Å². The van der Waals surface area contributed by atoms with Gasteiger partial charge in [0.25, 0.3) is 0 Å². The Morgan fingerprint density at radius 3 is 2.05 bits per heavy atom. The summed E-state index contributed by atoms with van der Waals surface area (Å²) >= 11 is 0. The van der Waals surface area contributed by atoms with Gasteiger partial charge in [-0.25, -0.2) is 0 Å². The zero-order chi connectivity index (χ0) is 15.1. The van der Waals surface area contributed by atoms with Crippen LogP contribution in [0.5, 0.6) is 0 Å². The molecule has 112 valence electrons. The first-order valence-corrected chi connectivity index (χ1v) is 8.21. The summed E-state index contributed by atoms with van der Waals surface area (Å²) in [7, 11) is 0. The number of carbonyl (C=O) groups excluding carboxylic acids is 2. The SMILES string of the molecule is Cc1ccc(CN2C(=O)[C@H]3[C@H](C2=O)[C@H]2C=C[C@H]3C23CC3)cc1. The first-order chi connectivity index (χ1) is 10.6. The molecule has 0 radical (unpaired) electrons. The number of fused-ring (bicyclic) bond motifs is 3. The highest BCUT2D eigenvalue weighted by Crippen LogP contribution is 2.73. The van der Waals surface area contributed by atoms with E-state index in [2.05, 4.69) is 12.2 Å². The highest BCUT2D eigenvalue weighted by Gasteiger charge is 2.73. The molecule has 2 amide bonds. The Labute approximate surface area is 130 Å². The van der Waals surface area contributed by atoms with Gasteiger partial charge in [0.1, 0.15) is 0 Å². The molecule has 0 aromatic heterocycles. The van der Waals surface area contributed by atoms with Gasteiger partial charge in [-0.3, -0.25) is 14.5 Å². The number of hydrogen-bond acceptors (Lipinski definition) is 2. The van der Waals surface area contributed by atoms with Crippen LogP contribution in [0.25, 0.3) is 0 Å². The van der Waals surface area contributed by atoms with Crippen molar-refractivity contribution in [3.8, 4) is 0 Å².